The maximum Gasteiger partial charge on any atom is 0.315 e. The van der Waals surface area contributed by atoms with Crippen molar-refractivity contribution in [3.05, 3.63) is 47.5 Å². The lowest BCUT2D eigenvalue weighted by atomic mass is 10.1. The average molecular weight is 372 g/mol. The second-order valence-corrected chi connectivity index (χ2v) is 6.28. The Kier molecular flexibility index (Phi) is 5.59. The van der Waals surface area contributed by atoms with Crippen LogP contribution in [0.2, 0.25) is 0 Å². The van der Waals surface area contributed by atoms with Gasteiger partial charge in [0.2, 0.25) is 6.79 Å². The minimum absolute atomic E-state index is 0.190. The molecule has 2 aromatic rings. The maximum atomic E-state index is 12.4. The predicted molar refractivity (Wildman–Crippen MR) is 101 cm³/mol. The molecule has 2 amide bonds. The van der Waals surface area contributed by atoms with Gasteiger partial charge in [-0.05, 0) is 43.7 Å². The highest BCUT2D eigenvalue weighted by Crippen LogP contribution is 2.34. The number of amides is 2. The normalized spacial score (nSPS) is 14.2. The molecule has 0 spiro atoms. The number of rotatable bonds is 6. The standard InChI is InChI=1S/C20H24N2O5/c1-12(14-5-8-17-19(9-14)27-11-26-17)21-20(23)22-13(2)16-7-6-15(24-3)10-18(16)25-4/h5-10,12-13H,11H2,1-4H3,(H2,21,22,23). The molecule has 27 heavy (non-hydrogen) atoms. The molecule has 0 radical (unpaired) electrons. The molecule has 1 heterocycles. The SMILES string of the molecule is COc1ccc(C(C)NC(=O)NC(C)c2ccc3c(c2)OCO3)c(OC)c1. The van der Waals surface area contributed by atoms with Gasteiger partial charge in [-0.25, -0.2) is 4.79 Å². The van der Waals surface area contributed by atoms with E-state index in [-0.39, 0.29) is 24.9 Å². The van der Waals surface area contributed by atoms with E-state index in [2.05, 4.69) is 10.6 Å². The van der Waals surface area contributed by atoms with E-state index in [4.69, 9.17) is 18.9 Å². The third kappa shape index (κ3) is 4.19. The first-order valence-electron chi connectivity index (χ1n) is 8.70. The Hall–Kier alpha value is -3.09. The highest BCUT2D eigenvalue weighted by molar-refractivity contribution is 5.75. The number of benzene rings is 2. The highest BCUT2D eigenvalue weighted by atomic mass is 16.7. The van der Waals surface area contributed by atoms with E-state index in [9.17, 15) is 4.79 Å². The minimum atomic E-state index is -0.273. The number of carbonyl (C=O) groups excluding carboxylic acids is 1. The lowest BCUT2D eigenvalue weighted by Gasteiger charge is -2.20. The van der Waals surface area contributed by atoms with Crippen LogP contribution < -0.4 is 29.6 Å². The van der Waals surface area contributed by atoms with Crippen molar-refractivity contribution in [3.63, 3.8) is 0 Å². The fourth-order valence-electron chi connectivity index (χ4n) is 2.95. The number of hydrogen-bond acceptors (Lipinski definition) is 5. The first-order chi connectivity index (χ1) is 13.0. The molecule has 7 heteroatoms. The van der Waals surface area contributed by atoms with Crippen LogP contribution in [0.3, 0.4) is 0 Å². The number of hydrogen-bond donors (Lipinski definition) is 2. The Morgan fingerprint density at radius 3 is 2.44 bits per heavy atom. The summed E-state index contributed by atoms with van der Waals surface area (Å²) < 4.78 is 21.3. The Morgan fingerprint density at radius 1 is 0.963 bits per heavy atom. The molecule has 0 saturated heterocycles. The van der Waals surface area contributed by atoms with E-state index in [1.54, 1.807) is 20.3 Å². The van der Waals surface area contributed by atoms with Gasteiger partial charge in [-0.3, -0.25) is 0 Å². The molecule has 2 N–H and O–H groups in total. The van der Waals surface area contributed by atoms with Gasteiger partial charge >= 0.3 is 6.03 Å². The summed E-state index contributed by atoms with van der Waals surface area (Å²) >= 11 is 0. The van der Waals surface area contributed by atoms with E-state index < -0.39 is 0 Å². The van der Waals surface area contributed by atoms with E-state index in [1.165, 1.54) is 0 Å². The molecule has 3 rings (SSSR count). The van der Waals surface area contributed by atoms with E-state index in [0.29, 0.717) is 17.2 Å². The molecule has 2 aromatic carbocycles. The maximum absolute atomic E-state index is 12.4. The summed E-state index contributed by atoms with van der Waals surface area (Å²) in [6, 6.07) is 10.4. The summed E-state index contributed by atoms with van der Waals surface area (Å²) in [7, 11) is 3.19. The van der Waals surface area contributed by atoms with Crippen LogP contribution in [0.4, 0.5) is 4.79 Å². The molecule has 0 aliphatic carbocycles. The van der Waals surface area contributed by atoms with E-state index in [1.807, 2.05) is 44.2 Å². The zero-order valence-electron chi connectivity index (χ0n) is 15.9. The van der Waals surface area contributed by atoms with Gasteiger partial charge in [-0.2, -0.15) is 0 Å². The topological polar surface area (TPSA) is 78.1 Å². The highest BCUT2D eigenvalue weighted by Gasteiger charge is 2.19. The fourth-order valence-corrected chi connectivity index (χ4v) is 2.95. The molecule has 0 fully saturated rings. The average Bonchev–Trinajstić information content (AvgIpc) is 3.14. The predicted octanol–water partition coefficient (Wildman–Crippen LogP) is 3.55. The third-order valence-electron chi connectivity index (χ3n) is 4.50. The van der Waals surface area contributed by atoms with Crippen molar-refractivity contribution in [1.29, 1.82) is 0 Å². The second-order valence-electron chi connectivity index (χ2n) is 6.28. The van der Waals surface area contributed by atoms with Crippen molar-refractivity contribution in [3.8, 4) is 23.0 Å². The second kappa shape index (κ2) is 8.07. The molecule has 2 unspecified atom stereocenters. The van der Waals surface area contributed by atoms with Crippen LogP contribution in [0.1, 0.15) is 37.1 Å². The molecule has 0 aromatic heterocycles. The van der Waals surface area contributed by atoms with Gasteiger partial charge in [0.1, 0.15) is 11.5 Å². The quantitative estimate of drug-likeness (QED) is 0.811. The molecular formula is C20H24N2O5. The summed E-state index contributed by atoms with van der Waals surface area (Å²) in [6.45, 7) is 4.03. The molecule has 0 saturated carbocycles. The Bertz CT molecular complexity index is 824. The fraction of sp³-hybridized carbons (Fsp3) is 0.350. The molecule has 144 valence electrons. The van der Waals surface area contributed by atoms with Crippen molar-refractivity contribution >= 4 is 6.03 Å². The van der Waals surface area contributed by atoms with E-state index in [0.717, 1.165) is 16.9 Å². The minimum Gasteiger partial charge on any atom is -0.497 e. The van der Waals surface area contributed by atoms with Crippen LogP contribution in [0.25, 0.3) is 0 Å². The molecule has 7 nitrogen and oxygen atoms in total. The van der Waals surface area contributed by atoms with Gasteiger partial charge in [0.25, 0.3) is 0 Å². The van der Waals surface area contributed by atoms with Crippen molar-refractivity contribution in [2.24, 2.45) is 0 Å². The number of nitrogens with one attached hydrogen (secondary N) is 2. The van der Waals surface area contributed by atoms with Crippen LogP contribution in [0.15, 0.2) is 36.4 Å². The zero-order valence-corrected chi connectivity index (χ0v) is 15.9. The molecule has 0 bridgehead atoms. The Balaban J connectivity index is 1.63. The van der Waals surface area contributed by atoms with Crippen LogP contribution in [0.5, 0.6) is 23.0 Å². The van der Waals surface area contributed by atoms with Crippen molar-refractivity contribution in [1.82, 2.24) is 10.6 Å². The van der Waals surface area contributed by atoms with Crippen LogP contribution >= 0.6 is 0 Å². The Morgan fingerprint density at radius 2 is 1.70 bits per heavy atom. The summed E-state index contributed by atoms with van der Waals surface area (Å²) in [5, 5.41) is 5.87. The summed E-state index contributed by atoms with van der Waals surface area (Å²) in [5.74, 6) is 2.77. The van der Waals surface area contributed by atoms with Gasteiger partial charge in [-0.1, -0.05) is 6.07 Å². The number of urea groups is 1. The van der Waals surface area contributed by atoms with Crippen LogP contribution in [0, 0.1) is 0 Å². The zero-order chi connectivity index (χ0) is 19.4. The Labute approximate surface area is 158 Å². The lowest BCUT2D eigenvalue weighted by molar-refractivity contribution is 0.174. The largest absolute Gasteiger partial charge is 0.497 e. The molecule has 1 aliphatic heterocycles. The van der Waals surface area contributed by atoms with Crippen molar-refractivity contribution in [2.45, 2.75) is 25.9 Å². The van der Waals surface area contributed by atoms with E-state index >= 15 is 0 Å². The van der Waals surface area contributed by atoms with Gasteiger partial charge in [0.05, 0.1) is 26.3 Å². The van der Waals surface area contributed by atoms with Crippen LogP contribution in [-0.2, 0) is 0 Å². The first-order valence-corrected chi connectivity index (χ1v) is 8.70. The summed E-state index contributed by atoms with van der Waals surface area (Å²) in [5.41, 5.74) is 1.80. The number of ether oxygens (including phenoxy) is 4. The lowest BCUT2D eigenvalue weighted by Crippen LogP contribution is -2.38. The van der Waals surface area contributed by atoms with Gasteiger partial charge in [0.15, 0.2) is 11.5 Å². The monoisotopic (exact) mass is 372 g/mol. The smallest absolute Gasteiger partial charge is 0.315 e. The third-order valence-corrected chi connectivity index (χ3v) is 4.50. The van der Waals surface area contributed by atoms with Gasteiger partial charge < -0.3 is 29.6 Å². The number of carbonyl (C=O) groups is 1. The molecular weight excluding hydrogens is 348 g/mol. The summed E-state index contributed by atoms with van der Waals surface area (Å²) in [6.07, 6.45) is 0. The summed E-state index contributed by atoms with van der Waals surface area (Å²) in [4.78, 5) is 12.4. The van der Waals surface area contributed by atoms with Crippen LogP contribution in [-0.4, -0.2) is 27.0 Å². The van der Waals surface area contributed by atoms with Gasteiger partial charge in [-0.15, -0.1) is 0 Å². The number of methoxy groups -OCH3 is 2. The molecule has 2 atom stereocenters. The molecule has 1 aliphatic rings. The van der Waals surface area contributed by atoms with Gasteiger partial charge in [0, 0.05) is 11.6 Å². The number of fused-ring (bicyclic) bond motifs is 1. The first kappa shape index (κ1) is 18.7. The van der Waals surface area contributed by atoms with Crippen molar-refractivity contribution in [2.75, 3.05) is 21.0 Å². The van der Waals surface area contributed by atoms with Crippen molar-refractivity contribution < 1.29 is 23.7 Å².